The van der Waals surface area contributed by atoms with Gasteiger partial charge in [0.2, 0.25) is 0 Å². The highest BCUT2D eigenvalue weighted by Gasteiger charge is 2.07. The molecule has 0 aliphatic heterocycles. The van der Waals surface area contributed by atoms with Crippen molar-refractivity contribution < 1.29 is 0 Å². The Morgan fingerprint density at radius 2 is 1.09 bits per heavy atom. The minimum Gasteiger partial charge on any atom is -0.300 e. The van der Waals surface area contributed by atoms with E-state index in [0.29, 0.717) is 30.6 Å². The van der Waals surface area contributed by atoms with Crippen LogP contribution in [-0.2, 0) is 27.2 Å². The van der Waals surface area contributed by atoms with Crippen molar-refractivity contribution in [2.75, 3.05) is 0 Å². The van der Waals surface area contributed by atoms with E-state index in [9.17, 15) is 19.2 Å². The van der Waals surface area contributed by atoms with Gasteiger partial charge in [-0.25, -0.2) is 9.59 Å². The largest absolute Gasteiger partial charge is 0.330 e. The number of rotatable bonds is 4. The lowest BCUT2D eigenvalue weighted by Gasteiger charge is -2.11. The zero-order chi connectivity index (χ0) is 17.3. The van der Waals surface area contributed by atoms with Gasteiger partial charge in [0, 0.05) is 50.7 Å². The highest BCUT2D eigenvalue weighted by Crippen LogP contribution is 1.94. The van der Waals surface area contributed by atoms with E-state index < -0.39 is 0 Å². The summed E-state index contributed by atoms with van der Waals surface area (Å²) < 4.78 is 5.04. The Labute approximate surface area is 131 Å². The molecule has 2 heterocycles. The van der Waals surface area contributed by atoms with Gasteiger partial charge < -0.3 is 9.13 Å². The van der Waals surface area contributed by atoms with Gasteiger partial charge in [0.15, 0.2) is 0 Å². The fraction of sp³-hybridized carbons (Fsp3) is 0.467. The molecule has 8 heteroatoms. The molecule has 0 amide bonds. The summed E-state index contributed by atoms with van der Waals surface area (Å²) in [5.74, 6) is 0. The molecule has 0 unspecified atom stereocenters. The Kier molecular flexibility index (Phi) is 4.53. The third-order valence-corrected chi connectivity index (χ3v) is 3.85. The lowest BCUT2D eigenvalue weighted by atomic mass is 10.3. The molecule has 0 atom stereocenters. The minimum atomic E-state index is -0.385. The third kappa shape index (κ3) is 3.10. The highest BCUT2D eigenvalue weighted by molar-refractivity contribution is 5.03. The van der Waals surface area contributed by atoms with Gasteiger partial charge in [0.25, 0.3) is 11.1 Å². The first-order valence-electron chi connectivity index (χ1n) is 7.28. The molecule has 2 aromatic rings. The summed E-state index contributed by atoms with van der Waals surface area (Å²) in [7, 11) is 2.88. The summed E-state index contributed by atoms with van der Waals surface area (Å²) in [5.41, 5.74) is -0.411. The van der Waals surface area contributed by atoms with Crippen LogP contribution in [0.25, 0.3) is 0 Å². The van der Waals surface area contributed by atoms with Crippen LogP contribution in [0.4, 0.5) is 0 Å². The van der Waals surface area contributed by atoms with E-state index in [-0.39, 0.29) is 22.5 Å². The summed E-state index contributed by atoms with van der Waals surface area (Å²) in [4.78, 5) is 47.4. The maximum absolute atomic E-state index is 12.0. The summed E-state index contributed by atoms with van der Waals surface area (Å²) in [6, 6.07) is 0. The van der Waals surface area contributed by atoms with Crippen molar-refractivity contribution in [3.05, 3.63) is 65.2 Å². The molecule has 0 saturated carbocycles. The van der Waals surface area contributed by atoms with Gasteiger partial charge in [0.05, 0.1) is 0 Å². The normalized spacial score (nSPS) is 11.0. The molecule has 0 saturated heterocycles. The van der Waals surface area contributed by atoms with E-state index in [2.05, 4.69) is 0 Å². The second-order valence-corrected chi connectivity index (χ2v) is 5.66. The van der Waals surface area contributed by atoms with Crippen molar-refractivity contribution in [3.8, 4) is 0 Å². The standard InChI is InChI=1S/C15H20N4O4/c1-10-8-18(14(22)16(3)12(10)20)6-5-7-19-9-11(2)13(21)17(4)15(19)23/h8-9H,5-7H2,1-4H3. The molecule has 0 aliphatic carbocycles. The number of hydrogen-bond acceptors (Lipinski definition) is 4. The smallest absolute Gasteiger partial charge is 0.300 e. The predicted octanol–water partition coefficient (Wildman–Crippen LogP) is -0.885. The van der Waals surface area contributed by atoms with Gasteiger partial charge in [-0.05, 0) is 20.3 Å². The van der Waals surface area contributed by atoms with Crippen LogP contribution in [0.1, 0.15) is 17.5 Å². The second-order valence-electron chi connectivity index (χ2n) is 5.66. The van der Waals surface area contributed by atoms with Crippen LogP contribution in [0.5, 0.6) is 0 Å². The van der Waals surface area contributed by atoms with Crippen LogP contribution in [0.3, 0.4) is 0 Å². The Hall–Kier alpha value is -2.64. The van der Waals surface area contributed by atoms with Crippen molar-refractivity contribution >= 4 is 0 Å². The zero-order valence-electron chi connectivity index (χ0n) is 13.7. The fourth-order valence-corrected chi connectivity index (χ4v) is 2.51. The number of hydrogen-bond donors (Lipinski definition) is 0. The van der Waals surface area contributed by atoms with Crippen molar-refractivity contribution in [3.63, 3.8) is 0 Å². The van der Waals surface area contributed by atoms with Crippen molar-refractivity contribution in [2.24, 2.45) is 14.1 Å². The number of aryl methyl sites for hydroxylation is 4. The van der Waals surface area contributed by atoms with Gasteiger partial charge >= 0.3 is 11.4 Å². The van der Waals surface area contributed by atoms with Crippen LogP contribution in [0.15, 0.2) is 31.6 Å². The van der Waals surface area contributed by atoms with Crippen molar-refractivity contribution in [1.29, 1.82) is 0 Å². The first kappa shape index (κ1) is 16.7. The van der Waals surface area contributed by atoms with E-state index in [1.807, 2.05) is 0 Å². The predicted molar refractivity (Wildman–Crippen MR) is 86.0 cm³/mol. The van der Waals surface area contributed by atoms with Gasteiger partial charge in [-0.15, -0.1) is 0 Å². The van der Waals surface area contributed by atoms with Crippen LogP contribution in [0.2, 0.25) is 0 Å². The first-order valence-corrected chi connectivity index (χ1v) is 7.28. The Bertz CT molecular complexity index is 895. The first-order chi connectivity index (χ1) is 10.7. The summed E-state index contributed by atoms with van der Waals surface area (Å²) in [5, 5.41) is 0. The van der Waals surface area contributed by atoms with E-state index >= 15 is 0 Å². The molecule has 0 bridgehead atoms. The number of nitrogens with zero attached hydrogens (tertiary/aromatic N) is 4. The van der Waals surface area contributed by atoms with Gasteiger partial charge in [-0.1, -0.05) is 0 Å². The summed E-state index contributed by atoms with van der Waals surface area (Å²) >= 11 is 0. The fourth-order valence-electron chi connectivity index (χ4n) is 2.51. The topological polar surface area (TPSA) is 88.0 Å². The molecular weight excluding hydrogens is 300 g/mol. The average Bonchev–Trinajstić information content (AvgIpc) is 2.52. The van der Waals surface area contributed by atoms with E-state index in [0.717, 1.165) is 9.13 Å². The number of aromatic nitrogens is 4. The highest BCUT2D eigenvalue weighted by atomic mass is 16.2. The van der Waals surface area contributed by atoms with Crippen LogP contribution in [0, 0.1) is 13.8 Å². The van der Waals surface area contributed by atoms with Crippen LogP contribution in [-0.4, -0.2) is 18.3 Å². The monoisotopic (exact) mass is 320 g/mol. The average molecular weight is 320 g/mol. The van der Waals surface area contributed by atoms with Gasteiger partial charge in [-0.3, -0.25) is 18.7 Å². The van der Waals surface area contributed by atoms with Crippen LogP contribution < -0.4 is 22.5 Å². The molecule has 8 nitrogen and oxygen atoms in total. The Morgan fingerprint density at radius 1 is 0.739 bits per heavy atom. The molecule has 0 aromatic carbocycles. The van der Waals surface area contributed by atoms with E-state index in [4.69, 9.17) is 0 Å². The lowest BCUT2D eigenvalue weighted by Crippen LogP contribution is -2.40. The summed E-state index contributed by atoms with van der Waals surface area (Å²) in [6.07, 6.45) is 3.58. The maximum atomic E-state index is 12.0. The summed E-state index contributed by atoms with van der Waals surface area (Å²) in [6.45, 7) is 4.06. The second kappa shape index (κ2) is 6.23. The van der Waals surface area contributed by atoms with E-state index in [1.165, 1.54) is 35.6 Å². The lowest BCUT2D eigenvalue weighted by molar-refractivity contribution is 0.502. The minimum absolute atomic E-state index is 0.309. The van der Waals surface area contributed by atoms with Crippen molar-refractivity contribution in [1.82, 2.24) is 18.3 Å². The molecule has 0 radical (unpaired) electrons. The molecule has 0 spiro atoms. The molecule has 0 aliphatic rings. The molecule has 0 N–H and O–H groups in total. The van der Waals surface area contributed by atoms with Crippen LogP contribution >= 0.6 is 0 Å². The molecule has 23 heavy (non-hydrogen) atoms. The Morgan fingerprint density at radius 3 is 1.43 bits per heavy atom. The molecular formula is C15H20N4O4. The van der Waals surface area contributed by atoms with Gasteiger partial charge in [0.1, 0.15) is 0 Å². The van der Waals surface area contributed by atoms with Crippen molar-refractivity contribution in [2.45, 2.75) is 33.4 Å². The third-order valence-electron chi connectivity index (χ3n) is 3.85. The zero-order valence-corrected chi connectivity index (χ0v) is 13.7. The SMILES string of the molecule is Cc1cn(CCCn2cc(C)c(=O)n(C)c2=O)c(=O)n(C)c1=O. The maximum Gasteiger partial charge on any atom is 0.330 e. The molecule has 2 rings (SSSR count). The molecule has 0 fully saturated rings. The van der Waals surface area contributed by atoms with E-state index in [1.54, 1.807) is 13.8 Å². The Balaban J connectivity index is 2.22. The molecule has 2 aromatic heterocycles. The van der Waals surface area contributed by atoms with Gasteiger partial charge in [-0.2, -0.15) is 0 Å². The molecule has 124 valence electrons. The quantitative estimate of drug-likeness (QED) is 0.731.